The van der Waals surface area contributed by atoms with Crippen LogP contribution in [0.25, 0.3) is 10.7 Å². The second kappa shape index (κ2) is 6.41. The van der Waals surface area contributed by atoms with E-state index >= 15 is 0 Å². The van der Waals surface area contributed by atoms with Crippen LogP contribution in [0.2, 0.25) is 0 Å². The minimum Gasteiger partial charge on any atom is -0.385 e. The number of thiophene rings is 1. The second-order valence-electron chi connectivity index (χ2n) is 4.66. The predicted molar refractivity (Wildman–Crippen MR) is 88.7 cm³/mol. The van der Waals surface area contributed by atoms with Crippen molar-refractivity contribution >= 4 is 33.0 Å². The Balaban J connectivity index is 1.56. The number of anilines is 1. The summed E-state index contributed by atoms with van der Waals surface area (Å²) in [6.07, 6.45) is 0.702. The maximum atomic E-state index is 5.28. The van der Waals surface area contributed by atoms with Gasteiger partial charge >= 0.3 is 0 Å². The molecule has 0 saturated carbocycles. The molecular formula is C15H14BrN3OS. The van der Waals surface area contributed by atoms with E-state index in [1.54, 1.807) is 11.3 Å². The highest BCUT2D eigenvalue weighted by Crippen LogP contribution is 2.29. The number of nitrogens with one attached hydrogen (secondary N) is 1. The van der Waals surface area contributed by atoms with E-state index in [0.29, 0.717) is 18.1 Å². The molecule has 0 unspecified atom stereocenters. The van der Waals surface area contributed by atoms with Gasteiger partial charge in [0.1, 0.15) is 0 Å². The molecule has 0 aliphatic rings. The maximum absolute atomic E-state index is 5.28. The van der Waals surface area contributed by atoms with Gasteiger partial charge in [-0.25, -0.2) is 0 Å². The molecule has 21 heavy (non-hydrogen) atoms. The zero-order chi connectivity index (χ0) is 14.7. The van der Waals surface area contributed by atoms with Crippen molar-refractivity contribution in [3.05, 3.63) is 51.6 Å². The summed E-state index contributed by atoms with van der Waals surface area (Å²) in [5, 5.41) is 7.35. The summed E-state index contributed by atoms with van der Waals surface area (Å²) in [7, 11) is 0. The standard InChI is InChI=1S/C15H14BrN3OS/c1-10-2-4-11(5-3-10)17-9-8-14-18-15(19-20-14)12-6-7-13(16)21-12/h2-7,17H,8-9H2,1H3. The molecule has 0 aliphatic heterocycles. The third-order valence-electron chi connectivity index (χ3n) is 2.98. The minimum atomic E-state index is 0.647. The Morgan fingerprint density at radius 3 is 2.71 bits per heavy atom. The first-order valence-electron chi connectivity index (χ1n) is 6.59. The van der Waals surface area contributed by atoms with Gasteiger partial charge in [-0.15, -0.1) is 11.3 Å². The van der Waals surface area contributed by atoms with E-state index < -0.39 is 0 Å². The summed E-state index contributed by atoms with van der Waals surface area (Å²) in [6, 6.07) is 12.3. The Bertz CT molecular complexity index is 721. The third-order valence-corrected chi connectivity index (χ3v) is 4.60. The molecule has 0 amide bonds. The van der Waals surface area contributed by atoms with E-state index in [1.807, 2.05) is 12.1 Å². The molecule has 4 nitrogen and oxygen atoms in total. The average molecular weight is 364 g/mol. The molecule has 3 rings (SSSR count). The molecule has 0 atom stereocenters. The smallest absolute Gasteiger partial charge is 0.228 e. The number of halogens is 1. The lowest BCUT2D eigenvalue weighted by atomic mass is 10.2. The Labute approximate surface area is 135 Å². The van der Waals surface area contributed by atoms with Gasteiger partial charge in [0, 0.05) is 18.7 Å². The number of aromatic nitrogens is 2. The summed E-state index contributed by atoms with van der Waals surface area (Å²) < 4.78 is 6.34. The lowest BCUT2D eigenvalue weighted by Gasteiger charge is -2.04. The molecule has 0 aliphatic carbocycles. The fraction of sp³-hybridized carbons (Fsp3) is 0.200. The molecule has 6 heteroatoms. The van der Waals surface area contributed by atoms with Gasteiger partial charge in [-0.2, -0.15) is 4.98 Å². The van der Waals surface area contributed by atoms with Crippen LogP contribution in [0.15, 0.2) is 44.7 Å². The molecule has 2 heterocycles. The lowest BCUT2D eigenvalue weighted by molar-refractivity contribution is 0.381. The van der Waals surface area contributed by atoms with Crippen molar-refractivity contribution in [2.24, 2.45) is 0 Å². The second-order valence-corrected chi connectivity index (χ2v) is 7.12. The largest absolute Gasteiger partial charge is 0.385 e. The van der Waals surface area contributed by atoms with Gasteiger partial charge in [0.05, 0.1) is 8.66 Å². The van der Waals surface area contributed by atoms with E-state index in [-0.39, 0.29) is 0 Å². The number of hydrogen-bond donors (Lipinski definition) is 1. The summed E-state index contributed by atoms with van der Waals surface area (Å²) in [6.45, 7) is 2.84. The van der Waals surface area contributed by atoms with Gasteiger partial charge < -0.3 is 9.84 Å². The van der Waals surface area contributed by atoms with Crippen molar-refractivity contribution in [3.63, 3.8) is 0 Å². The van der Waals surface area contributed by atoms with Crippen molar-refractivity contribution < 1.29 is 4.52 Å². The lowest BCUT2D eigenvalue weighted by Crippen LogP contribution is -2.04. The molecule has 3 aromatic rings. The highest BCUT2D eigenvalue weighted by atomic mass is 79.9. The van der Waals surface area contributed by atoms with E-state index in [1.165, 1.54) is 5.56 Å². The summed E-state index contributed by atoms with van der Waals surface area (Å²) >= 11 is 5.02. The Morgan fingerprint density at radius 1 is 1.19 bits per heavy atom. The van der Waals surface area contributed by atoms with E-state index in [2.05, 4.69) is 62.6 Å². The van der Waals surface area contributed by atoms with Gasteiger partial charge in [0.2, 0.25) is 11.7 Å². The SMILES string of the molecule is Cc1ccc(NCCc2nc(-c3ccc(Br)s3)no2)cc1. The Morgan fingerprint density at radius 2 is 2.00 bits per heavy atom. The van der Waals surface area contributed by atoms with Crippen LogP contribution in [0.1, 0.15) is 11.5 Å². The van der Waals surface area contributed by atoms with Crippen molar-refractivity contribution in [2.75, 3.05) is 11.9 Å². The first kappa shape index (κ1) is 14.3. The van der Waals surface area contributed by atoms with Crippen LogP contribution in [-0.2, 0) is 6.42 Å². The fourth-order valence-corrected chi connectivity index (χ4v) is 3.19. The molecule has 0 bridgehead atoms. The van der Waals surface area contributed by atoms with Crippen LogP contribution >= 0.6 is 27.3 Å². The average Bonchev–Trinajstić information content (AvgIpc) is 3.10. The molecule has 0 radical (unpaired) electrons. The molecule has 1 N–H and O–H groups in total. The summed E-state index contributed by atoms with van der Waals surface area (Å²) in [5.74, 6) is 1.30. The van der Waals surface area contributed by atoms with Crippen LogP contribution < -0.4 is 5.32 Å². The van der Waals surface area contributed by atoms with Crippen molar-refractivity contribution in [3.8, 4) is 10.7 Å². The van der Waals surface area contributed by atoms with Crippen LogP contribution in [0, 0.1) is 6.92 Å². The summed E-state index contributed by atoms with van der Waals surface area (Å²) in [5.41, 5.74) is 2.35. The number of hydrogen-bond acceptors (Lipinski definition) is 5. The van der Waals surface area contributed by atoms with Crippen molar-refractivity contribution in [1.82, 2.24) is 10.1 Å². The zero-order valence-corrected chi connectivity index (χ0v) is 13.9. The van der Waals surface area contributed by atoms with Gasteiger partial charge in [-0.05, 0) is 47.1 Å². The van der Waals surface area contributed by atoms with Crippen LogP contribution in [0.3, 0.4) is 0 Å². The highest BCUT2D eigenvalue weighted by Gasteiger charge is 2.10. The van der Waals surface area contributed by atoms with Crippen LogP contribution in [-0.4, -0.2) is 16.7 Å². The molecule has 0 saturated heterocycles. The first-order valence-corrected chi connectivity index (χ1v) is 8.20. The Hall–Kier alpha value is -1.66. The monoisotopic (exact) mass is 363 g/mol. The topological polar surface area (TPSA) is 51.0 Å². The van der Waals surface area contributed by atoms with Gasteiger partial charge in [0.25, 0.3) is 0 Å². The predicted octanol–water partition coefficient (Wildman–Crippen LogP) is 4.52. The molecule has 1 aromatic carbocycles. The third kappa shape index (κ3) is 3.71. The van der Waals surface area contributed by atoms with E-state index in [9.17, 15) is 0 Å². The molecular weight excluding hydrogens is 350 g/mol. The highest BCUT2D eigenvalue weighted by molar-refractivity contribution is 9.11. The number of benzene rings is 1. The van der Waals surface area contributed by atoms with Crippen molar-refractivity contribution in [2.45, 2.75) is 13.3 Å². The van der Waals surface area contributed by atoms with E-state index in [0.717, 1.165) is 20.9 Å². The number of nitrogens with zero attached hydrogens (tertiary/aromatic N) is 2. The van der Waals surface area contributed by atoms with Gasteiger partial charge in [-0.1, -0.05) is 22.9 Å². The Kier molecular flexibility index (Phi) is 4.36. The molecule has 2 aromatic heterocycles. The molecule has 108 valence electrons. The van der Waals surface area contributed by atoms with Gasteiger partial charge in [0.15, 0.2) is 0 Å². The fourth-order valence-electron chi connectivity index (χ4n) is 1.88. The summed E-state index contributed by atoms with van der Waals surface area (Å²) in [4.78, 5) is 5.41. The maximum Gasteiger partial charge on any atom is 0.228 e. The minimum absolute atomic E-state index is 0.647. The molecule has 0 fully saturated rings. The first-order chi connectivity index (χ1) is 10.2. The van der Waals surface area contributed by atoms with E-state index in [4.69, 9.17) is 4.52 Å². The van der Waals surface area contributed by atoms with Crippen LogP contribution in [0.5, 0.6) is 0 Å². The zero-order valence-electron chi connectivity index (χ0n) is 11.5. The number of rotatable bonds is 5. The van der Waals surface area contributed by atoms with Gasteiger partial charge in [-0.3, -0.25) is 0 Å². The van der Waals surface area contributed by atoms with Crippen molar-refractivity contribution in [1.29, 1.82) is 0 Å². The number of aryl methyl sites for hydroxylation is 1. The molecule has 0 spiro atoms. The van der Waals surface area contributed by atoms with Crippen LogP contribution in [0.4, 0.5) is 5.69 Å². The quantitative estimate of drug-likeness (QED) is 0.723. The normalized spacial score (nSPS) is 10.8.